The molecule has 1 aromatic heterocycles. The molecule has 0 aliphatic heterocycles. The summed E-state index contributed by atoms with van der Waals surface area (Å²) in [7, 11) is 5.44. The van der Waals surface area contributed by atoms with Gasteiger partial charge in [0.05, 0.1) is 33.7 Å². The van der Waals surface area contributed by atoms with Crippen LogP contribution in [0.15, 0.2) is 60.7 Å². The fourth-order valence-corrected chi connectivity index (χ4v) is 3.97. The predicted molar refractivity (Wildman–Crippen MR) is 141 cm³/mol. The lowest BCUT2D eigenvalue weighted by atomic mass is 10.0. The van der Waals surface area contributed by atoms with Gasteiger partial charge in [-0.15, -0.1) is 0 Å². The van der Waals surface area contributed by atoms with Gasteiger partial charge in [-0.05, 0) is 56.6 Å². The van der Waals surface area contributed by atoms with Crippen molar-refractivity contribution < 1.29 is 22.4 Å². The number of carbonyl (C=O) groups is 1. The van der Waals surface area contributed by atoms with E-state index in [0.717, 1.165) is 18.2 Å². The molecule has 0 fully saturated rings. The first kappa shape index (κ1) is 26.8. The number of hydrogen-bond donors (Lipinski definition) is 2. The Balaban J connectivity index is 1.73. The van der Waals surface area contributed by atoms with Gasteiger partial charge in [-0.2, -0.15) is 13.2 Å². The zero-order valence-electron chi connectivity index (χ0n) is 21.0. The molecule has 1 heterocycles. The van der Waals surface area contributed by atoms with Crippen LogP contribution in [-0.2, 0) is 6.18 Å². The van der Waals surface area contributed by atoms with E-state index in [-0.39, 0.29) is 17.2 Å². The summed E-state index contributed by atoms with van der Waals surface area (Å²) in [5, 5.41) is 3.13. The van der Waals surface area contributed by atoms with E-state index < -0.39 is 23.5 Å². The van der Waals surface area contributed by atoms with E-state index in [1.54, 1.807) is 36.2 Å². The van der Waals surface area contributed by atoms with Crippen LogP contribution < -0.4 is 16.0 Å². The zero-order chi connectivity index (χ0) is 27.6. The van der Waals surface area contributed by atoms with Crippen molar-refractivity contribution in [3.05, 3.63) is 77.6 Å². The molecule has 4 rings (SSSR count). The summed E-state index contributed by atoms with van der Waals surface area (Å²) < 4.78 is 55.2. The van der Waals surface area contributed by atoms with Gasteiger partial charge in [-0.1, -0.05) is 18.2 Å². The average molecular weight is 527 g/mol. The number of para-hydroxylation sites is 1. The Morgan fingerprint density at radius 1 is 0.974 bits per heavy atom. The second kappa shape index (κ2) is 10.6. The molecule has 0 atom stereocenters. The third kappa shape index (κ3) is 5.83. The molecule has 3 N–H and O–H groups in total. The first-order chi connectivity index (χ1) is 17.9. The van der Waals surface area contributed by atoms with Gasteiger partial charge in [0.1, 0.15) is 5.82 Å². The van der Waals surface area contributed by atoms with Gasteiger partial charge in [0, 0.05) is 31.1 Å². The van der Waals surface area contributed by atoms with Crippen LogP contribution >= 0.6 is 0 Å². The van der Waals surface area contributed by atoms with E-state index >= 15 is 0 Å². The van der Waals surface area contributed by atoms with Gasteiger partial charge in [-0.25, -0.2) is 14.4 Å². The number of nitrogen functional groups attached to an aromatic ring is 1. The molecule has 0 unspecified atom stereocenters. The number of amides is 1. The summed E-state index contributed by atoms with van der Waals surface area (Å²) in [6, 6.07) is 14.0. The third-order valence-corrected chi connectivity index (χ3v) is 5.97. The van der Waals surface area contributed by atoms with E-state index in [1.807, 2.05) is 19.0 Å². The Hall–Kier alpha value is -4.25. The maximum atomic E-state index is 14.9. The van der Waals surface area contributed by atoms with Crippen molar-refractivity contribution in [1.82, 2.24) is 14.9 Å². The minimum Gasteiger partial charge on any atom is -0.372 e. The van der Waals surface area contributed by atoms with Gasteiger partial charge in [0.2, 0.25) is 5.95 Å². The first-order valence-electron chi connectivity index (χ1n) is 11.6. The molecule has 1 amide bonds. The van der Waals surface area contributed by atoms with E-state index in [4.69, 9.17) is 5.73 Å². The van der Waals surface area contributed by atoms with Gasteiger partial charge < -0.3 is 20.9 Å². The lowest BCUT2D eigenvalue weighted by Crippen LogP contribution is -2.29. The second-order valence-corrected chi connectivity index (χ2v) is 9.05. The maximum absolute atomic E-state index is 14.9. The predicted octanol–water partition coefficient (Wildman–Crippen LogP) is 5.29. The molecular weight excluding hydrogens is 500 g/mol. The zero-order valence-corrected chi connectivity index (χ0v) is 21.0. The van der Waals surface area contributed by atoms with Gasteiger partial charge in [0.25, 0.3) is 5.91 Å². The minimum absolute atomic E-state index is 0.00314. The monoisotopic (exact) mass is 526 g/mol. The molecule has 0 spiro atoms. The number of rotatable bonds is 7. The topological polar surface area (TPSA) is 87.4 Å². The Bertz CT molecular complexity index is 1490. The summed E-state index contributed by atoms with van der Waals surface area (Å²) >= 11 is 0. The summed E-state index contributed by atoms with van der Waals surface area (Å²) in [6.07, 6.45) is -4.63. The minimum atomic E-state index is -4.63. The summed E-state index contributed by atoms with van der Waals surface area (Å²) in [6.45, 7) is 1.10. The van der Waals surface area contributed by atoms with E-state index in [2.05, 4.69) is 15.3 Å². The number of hydrogen-bond acceptors (Lipinski definition) is 6. The van der Waals surface area contributed by atoms with Crippen molar-refractivity contribution in [3.63, 3.8) is 0 Å². The maximum Gasteiger partial charge on any atom is 0.416 e. The molecule has 0 aliphatic rings. The lowest BCUT2D eigenvalue weighted by Gasteiger charge is -2.25. The fraction of sp³-hybridized carbons (Fsp3) is 0.222. The van der Waals surface area contributed by atoms with Crippen LogP contribution in [0.3, 0.4) is 0 Å². The molecule has 38 heavy (non-hydrogen) atoms. The number of carbonyl (C=O) groups excluding carboxylic acids is 1. The number of nitrogens with zero attached hydrogens (tertiary/aromatic N) is 4. The number of fused-ring (bicyclic) bond motifs is 1. The van der Waals surface area contributed by atoms with Crippen molar-refractivity contribution in [3.8, 4) is 11.3 Å². The van der Waals surface area contributed by atoms with Crippen molar-refractivity contribution in [1.29, 1.82) is 0 Å². The molecule has 0 saturated heterocycles. The van der Waals surface area contributed by atoms with Crippen LogP contribution in [0, 0.1) is 5.82 Å². The highest BCUT2D eigenvalue weighted by molar-refractivity contribution is 6.07. The molecule has 0 aliphatic carbocycles. The molecule has 0 bridgehead atoms. The number of aromatic nitrogens is 2. The smallest absolute Gasteiger partial charge is 0.372 e. The van der Waals surface area contributed by atoms with Crippen molar-refractivity contribution in [2.24, 2.45) is 0 Å². The van der Waals surface area contributed by atoms with E-state index in [9.17, 15) is 22.4 Å². The largest absolute Gasteiger partial charge is 0.416 e. The van der Waals surface area contributed by atoms with Crippen LogP contribution in [0.1, 0.15) is 15.9 Å². The second-order valence-electron chi connectivity index (χ2n) is 9.05. The number of halogens is 4. The number of benzene rings is 3. The van der Waals surface area contributed by atoms with Gasteiger partial charge >= 0.3 is 6.18 Å². The van der Waals surface area contributed by atoms with Crippen molar-refractivity contribution >= 4 is 34.1 Å². The highest BCUT2D eigenvalue weighted by Gasteiger charge is 2.31. The number of alkyl halides is 3. The summed E-state index contributed by atoms with van der Waals surface area (Å²) in [5.74, 6) is -1.74. The van der Waals surface area contributed by atoms with Gasteiger partial charge in [-0.3, -0.25) is 4.79 Å². The molecule has 0 saturated carbocycles. The molecule has 4 aromatic rings. The Labute approximate surface area is 216 Å². The molecule has 198 valence electrons. The summed E-state index contributed by atoms with van der Waals surface area (Å²) in [5.41, 5.74) is 6.19. The summed E-state index contributed by atoms with van der Waals surface area (Å²) in [4.78, 5) is 25.3. The standard InChI is InChI=1S/C27H26F4N6O/c1-36(2)12-13-37(3)23-11-9-17(27(29,30)31)15-22(23)33-25(38)19-14-16(8-10-20(19)28)24-18-6-4-5-7-21(18)34-26(32)35-24/h4-11,14-15H,12-13H2,1-3H3,(H,33,38)(H2,32,34,35). The Morgan fingerprint density at radius 3 is 2.42 bits per heavy atom. The van der Waals surface area contributed by atoms with Crippen LogP contribution in [0.4, 0.5) is 34.9 Å². The van der Waals surface area contributed by atoms with Crippen LogP contribution in [-0.4, -0.2) is 55.0 Å². The molecular formula is C27H26F4N6O. The van der Waals surface area contributed by atoms with Crippen LogP contribution in [0.2, 0.25) is 0 Å². The average Bonchev–Trinajstić information content (AvgIpc) is 2.86. The molecule has 0 radical (unpaired) electrons. The van der Waals surface area contributed by atoms with Crippen LogP contribution in [0.5, 0.6) is 0 Å². The van der Waals surface area contributed by atoms with E-state index in [0.29, 0.717) is 40.9 Å². The molecule has 3 aromatic carbocycles. The molecule has 7 nitrogen and oxygen atoms in total. The normalized spacial score (nSPS) is 11.7. The first-order valence-corrected chi connectivity index (χ1v) is 11.6. The third-order valence-electron chi connectivity index (χ3n) is 5.97. The highest BCUT2D eigenvalue weighted by Crippen LogP contribution is 2.36. The SMILES string of the molecule is CN(C)CCN(C)c1ccc(C(F)(F)F)cc1NC(=O)c1cc(-c2nc(N)nc3ccccc23)ccc1F. The van der Waals surface area contributed by atoms with Crippen molar-refractivity contribution in [2.45, 2.75) is 6.18 Å². The lowest BCUT2D eigenvalue weighted by molar-refractivity contribution is -0.137. The fourth-order valence-electron chi connectivity index (χ4n) is 3.97. The van der Waals surface area contributed by atoms with Crippen LogP contribution in [0.25, 0.3) is 22.2 Å². The Morgan fingerprint density at radius 2 is 1.71 bits per heavy atom. The number of nitrogens with one attached hydrogen (secondary N) is 1. The Kier molecular flexibility index (Phi) is 7.49. The van der Waals surface area contributed by atoms with E-state index in [1.165, 1.54) is 18.2 Å². The number of nitrogens with two attached hydrogens (primary N) is 1. The number of anilines is 3. The highest BCUT2D eigenvalue weighted by atomic mass is 19.4. The molecule has 11 heteroatoms. The van der Waals surface area contributed by atoms with Gasteiger partial charge in [0.15, 0.2) is 0 Å². The quantitative estimate of drug-likeness (QED) is 0.319. The van der Waals surface area contributed by atoms with Crippen molar-refractivity contribution in [2.75, 3.05) is 50.2 Å². The number of likely N-dealkylation sites (N-methyl/N-ethyl adjacent to an activating group) is 2.